The first-order valence-corrected chi connectivity index (χ1v) is 10.2. The van der Waals surface area contributed by atoms with Crippen molar-refractivity contribution in [1.29, 1.82) is 0 Å². The average molecular weight is 378 g/mol. The van der Waals surface area contributed by atoms with Crippen molar-refractivity contribution in [3.63, 3.8) is 0 Å². The summed E-state index contributed by atoms with van der Waals surface area (Å²) in [5, 5.41) is 6.57. The largest absolute Gasteiger partial charge is 0.295 e. The van der Waals surface area contributed by atoms with E-state index in [0.29, 0.717) is 6.54 Å². The van der Waals surface area contributed by atoms with Crippen molar-refractivity contribution < 1.29 is 4.79 Å². The first-order valence-electron chi connectivity index (χ1n) is 10.2. The van der Waals surface area contributed by atoms with Crippen molar-refractivity contribution in [3.05, 3.63) is 70.3 Å². The molecule has 0 aromatic heterocycles. The summed E-state index contributed by atoms with van der Waals surface area (Å²) >= 11 is 0. The van der Waals surface area contributed by atoms with E-state index >= 15 is 0 Å². The average Bonchev–Trinajstić information content (AvgIpc) is 3.11. The van der Waals surface area contributed by atoms with Gasteiger partial charge in [-0.05, 0) is 50.6 Å². The van der Waals surface area contributed by atoms with Gasteiger partial charge in [-0.2, -0.15) is 5.10 Å². The molecule has 0 fully saturated rings. The highest BCUT2D eigenvalue weighted by atomic mass is 16.2. The molecular weight excluding hydrogens is 346 g/mol. The summed E-state index contributed by atoms with van der Waals surface area (Å²) in [5.74, 6) is 0.0664. The van der Waals surface area contributed by atoms with E-state index in [4.69, 9.17) is 5.10 Å². The second-order valence-corrected chi connectivity index (χ2v) is 7.64. The Balaban J connectivity index is 1.97. The number of hydrazone groups is 1. The molecule has 3 rings (SSSR count). The summed E-state index contributed by atoms with van der Waals surface area (Å²) in [6.45, 7) is 12.6. The third-order valence-electron chi connectivity index (χ3n) is 5.66. The summed E-state index contributed by atoms with van der Waals surface area (Å²) in [6.07, 6.45) is 0.749. The lowest BCUT2D eigenvalue weighted by molar-refractivity contribution is -0.134. The highest BCUT2D eigenvalue weighted by Gasteiger charge is 2.34. The third-order valence-corrected chi connectivity index (χ3v) is 5.66. The number of hydrogen-bond acceptors (Lipinski definition) is 3. The molecule has 0 radical (unpaired) electrons. The molecule has 4 nitrogen and oxygen atoms in total. The Morgan fingerprint density at radius 1 is 1.07 bits per heavy atom. The van der Waals surface area contributed by atoms with Gasteiger partial charge in [-0.15, -0.1) is 0 Å². The predicted molar refractivity (Wildman–Crippen MR) is 116 cm³/mol. The smallest absolute Gasteiger partial charge is 0.257 e. The Kier molecular flexibility index (Phi) is 6.30. The quantitative estimate of drug-likeness (QED) is 0.736. The molecule has 0 saturated heterocycles. The predicted octanol–water partition coefficient (Wildman–Crippen LogP) is 4.63. The van der Waals surface area contributed by atoms with Crippen LogP contribution in [0.2, 0.25) is 0 Å². The van der Waals surface area contributed by atoms with Crippen LogP contribution < -0.4 is 0 Å². The van der Waals surface area contributed by atoms with Gasteiger partial charge in [0.15, 0.2) is 0 Å². The summed E-state index contributed by atoms with van der Waals surface area (Å²) in [6, 6.07) is 14.7. The van der Waals surface area contributed by atoms with Crippen molar-refractivity contribution in [2.75, 3.05) is 19.6 Å². The van der Waals surface area contributed by atoms with Gasteiger partial charge < -0.3 is 0 Å². The van der Waals surface area contributed by atoms with Crippen LogP contribution in [-0.2, 0) is 4.79 Å². The summed E-state index contributed by atoms with van der Waals surface area (Å²) in [7, 11) is 0. The minimum atomic E-state index is -0.0417. The molecule has 0 saturated carbocycles. The van der Waals surface area contributed by atoms with Crippen LogP contribution in [0.15, 0.2) is 47.6 Å². The van der Waals surface area contributed by atoms with Gasteiger partial charge in [-0.25, -0.2) is 5.01 Å². The van der Waals surface area contributed by atoms with Gasteiger partial charge in [0.2, 0.25) is 0 Å². The molecule has 1 atom stereocenters. The van der Waals surface area contributed by atoms with E-state index in [1.165, 1.54) is 22.3 Å². The number of likely N-dealkylation sites (N-methyl/N-ethyl adjacent to an activating group) is 1. The highest BCUT2D eigenvalue weighted by Crippen LogP contribution is 2.35. The standard InChI is InChI=1S/C24H31N3O/c1-6-26(7-2)16-24(28)27-23(21-11-9-8-10-18(21)4)15-22(25-27)20-13-12-17(3)14-19(20)5/h8-14,23H,6-7,15-16H2,1-5H3. The monoisotopic (exact) mass is 377 g/mol. The molecule has 1 heterocycles. The second-order valence-electron chi connectivity index (χ2n) is 7.64. The first kappa shape index (κ1) is 20.3. The molecule has 4 heteroatoms. The molecule has 1 unspecified atom stereocenters. The summed E-state index contributed by atoms with van der Waals surface area (Å²) in [5.41, 5.74) is 6.97. The molecule has 1 amide bonds. The molecule has 28 heavy (non-hydrogen) atoms. The first-order chi connectivity index (χ1) is 13.4. The molecule has 0 spiro atoms. The third kappa shape index (κ3) is 4.17. The Morgan fingerprint density at radius 2 is 1.79 bits per heavy atom. The van der Waals surface area contributed by atoms with Crippen molar-refractivity contribution in [3.8, 4) is 0 Å². The summed E-state index contributed by atoms with van der Waals surface area (Å²) < 4.78 is 0. The molecule has 1 aliphatic rings. The molecule has 2 aromatic carbocycles. The van der Waals surface area contributed by atoms with E-state index in [2.05, 4.69) is 69.9 Å². The fraction of sp³-hybridized carbons (Fsp3) is 0.417. The maximum atomic E-state index is 13.2. The van der Waals surface area contributed by atoms with Gasteiger partial charge in [0.1, 0.15) is 0 Å². The molecule has 0 bridgehead atoms. The van der Waals surface area contributed by atoms with Gasteiger partial charge in [-0.3, -0.25) is 9.69 Å². The second kappa shape index (κ2) is 8.70. The fourth-order valence-electron chi connectivity index (χ4n) is 3.95. The number of carbonyl (C=O) groups excluding carboxylic acids is 1. The Labute approximate surface area is 168 Å². The van der Waals surface area contributed by atoms with Gasteiger partial charge in [-0.1, -0.05) is 61.9 Å². The Bertz CT molecular complexity index is 883. The number of nitrogens with zero attached hydrogens (tertiary/aromatic N) is 3. The van der Waals surface area contributed by atoms with E-state index in [1.54, 1.807) is 5.01 Å². The molecule has 0 N–H and O–H groups in total. The SMILES string of the molecule is CCN(CC)CC(=O)N1N=C(c2ccc(C)cc2C)CC1c1ccccc1C. The maximum Gasteiger partial charge on any atom is 0.257 e. The lowest BCUT2D eigenvalue weighted by Gasteiger charge is -2.26. The van der Waals surface area contributed by atoms with Crippen molar-refractivity contribution in [2.24, 2.45) is 5.10 Å². The highest BCUT2D eigenvalue weighted by molar-refractivity contribution is 6.04. The number of aryl methyl sites for hydroxylation is 3. The van der Waals surface area contributed by atoms with Crippen LogP contribution in [0.5, 0.6) is 0 Å². The zero-order valence-electron chi connectivity index (χ0n) is 17.7. The zero-order chi connectivity index (χ0) is 20.3. The number of rotatable bonds is 6. The van der Waals surface area contributed by atoms with Gasteiger partial charge in [0.25, 0.3) is 5.91 Å². The van der Waals surface area contributed by atoms with E-state index in [1.807, 2.05) is 12.1 Å². The molecule has 0 aliphatic carbocycles. The molecule has 2 aromatic rings. The van der Waals surface area contributed by atoms with E-state index in [-0.39, 0.29) is 11.9 Å². The van der Waals surface area contributed by atoms with Gasteiger partial charge in [0.05, 0.1) is 18.3 Å². The minimum absolute atomic E-state index is 0.0417. The summed E-state index contributed by atoms with van der Waals surface area (Å²) in [4.78, 5) is 15.3. The number of hydrogen-bond donors (Lipinski definition) is 0. The van der Waals surface area contributed by atoms with E-state index < -0.39 is 0 Å². The topological polar surface area (TPSA) is 35.9 Å². The van der Waals surface area contributed by atoms with Crippen molar-refractivity contribution >= 4 is 11.6 Å². The molecule has 1 aliphatic heterocycles. The van der Waals surface area contributed by atoms with E-state index in [0.717, 1.165) is 30.8 Å². The van der Waals surface area contributed by atoms with Crippen molar-refractivity contribution in [1.82, 2.24) is 9.91 Å². The lowest BCUT2D eigenvalue weighted by Crippen LogP contribution is -2.38. The lowest BCUT2D eigenvalue weighted by atomic mass is 9.93. The molecule has 148 valence electrons. The zero-order valence-corrected chi connectivity index (χ0v) is 17.7. The van der Waals surface area contributed by atoms with Crippen LogP contribution in [0.25, 0.3) is 0 Å². The van der Waals surface area contributed by atoms with Crippen LogP contribution in [0.1, 0.15) is 54.1 Å². The van der Waals surface area contributed by atoms with Crippen LogP contribution in [0, 0.1) is 20.8 Å². The number of benzene rings is 2. The minimum Gasteiger partial charge on any atom is -0.295 e. The number of amides is 1. The Hall–Kier alpha value is -2.46. The Morgan fingerprint density at radius 3 is 2.43 bits per heavy atom. The van der Waals surface area contributed by atoms with E-state index in [9.17, 15) is 4.79 Å². The van der Waals surface area contributed by atoms with Crippen LogP contribution in [0.3, 0.4) is 0 Å². The fourth-order valence-corrected chi connectivity index (χ4v) is 3.95. The maximum absolute atomic E-state index is 13.2. The van der Waals surface area contributed by atoms with Crippen LogP contribution >= 0.6 is 0 Å². The van der Waals surface area contributed by atoms with Crippen LogP contribution in [0.4, 0.5) is 0 Å². The van der Waals surface area contributed by atoms with Crippen LogP contribution in [-0.4, -0.2) is 41.2 Å². The van der Waals surface area contributed by atoms with Gasteiger partial charge in [0, 0.05) is 12.0 Å². The number of carbonyl (C=O) groups is 1. The van der Waals surface area contributed by atoms with Gasteiger partial charge >= 0.3 is 0 Å². The normalized spacial score (nSPS) is 16.6. The molecular formula is C24H31N3O. The van der Waals surface area contributed by atoms with Crippen molar-refractivity contribution in [2.45, 2.75) is 47.1 Å².